The van der Waals surface area contributed by atoms with Crippen LogP contribution in [0.1, 0.15) is 23.1 Å². The molecule has 0 aromatic heterocycles. The lowest BCUT2D eigenvalue weighted by molar-refractivity contribution is -0.115. The van der Waals surface area contributed by atoms with Gasteiger partial charge in [-0.05, 0) is 30.2 Å². The van der Waals surface area contributed by atoms with Gasteiger partial charge in [0.15, 0.2) is 0 Å². The standard InChI is InChI=1S/C18H19NO2/c1-14-8-10-15(11-9-14)4-3-7-18(21)19-17-6-2-5-16(12-17)13-20/h2-6,8-12,20H,7,13H2,1H3,(H,19,21)/b4-3+. The molecule has 3 nitrogen and oxygen atoms in total. The summed E-state index contributed by atoms with van der Waals surface area (Å²) in [7, 11) is 0. The van der Waals surface area contributed by atoms with Crippen LogP contribution in [-0.4, -0.2) is 11.0 Å². The van der Waals surface area contributed by atoms with Crippen LogP contribution in [-0.2, 0) is 11.4 Å². The molecule has 1 amide bonds. The van der Waals surface area contributed by atoms with Crippen LogP contribution in [0.5, 0.6) is 0 Å². The SMILES string of the molecule is Cc1ccc(/C=C/CC(=O)Nc2cccc(CO)c2)cc1. The number of aryl methyl sites for hydroxylation is 1. The monoisotopic (exact) mass is 281 g/mol. The molecule has 0 aliphatic heterocycles. The minimum Gasteiger partial charge on any atom is -0.392 e. The molecule has 21 heavy (non-hydrogen) atoms. The number of hydrogen-bond donors (Lipinski definition) is 2. The maximum absolute atomic E-state index is 11.8. The number of rotatable bonds is 5. The Morgan fingerprint density at radius 3 is 2.67 bits per heavy atom. The summed E-state index contributed by atoms with van der Waals surface area (Å²) in [4.78, 5) is 11.8. The lowest BCUT2D eigenvalue weighted by atomic mass is 10.1. The van der Waals surface area contributed by atoms with Crippen LogP contribution in [0, 0.1) is 6.92 Å². The molecule has 0 atom stereocenters. The van der Waals surface area contributed by atoms with Crippen molar-refractivity contribution in [3.05, 3.63) is 71.3 Å². The quantitative estimate of drug-likeness (QED) is 0.880. The van der Waals surface area contributed by atoms with E-state index in [4.69, 9.17) is 5.11 Å². The summed E-state index contributed by atoms with van der Waals surface area (Å²) in [6.45, 7) is 2.01. The molecule has 108 valence electrons. The second-order valence-electron chi connectivity index (χ2n) is 4.92. The Morgan fingerprint density at radius 1 is 1.19 bits per heavy atom. The van der Waals surface area contributed by atoms with E-state index in [2.05, 4.69) is 5.32 Å². The van der Waals surface area contributed by atoms with Crippen molar-refractivity contribution in [3.8, 4) is 0 Å². The van der Waals surface area contributed by atoms with Gasteiger partial charge >= 0.3 is 0 Å². The van der Waals surface area contributed by atoms with Crippen LogP contribution in [0.2, 0.25) is 0 Å². The van der Waals surface area contributed by atoms with Gasteiger partial charge in [-0.25, -0.2) is 0 Å². The Kier molecular flexibility index (Phi) is 5.29. The summed E-state index contributed by atoms with van der Waals surface area (Å²) in [5.74, 6) is -0.0755. The van der Waals surface area contributed by atoms with E-state index in [0.29, 0.717) is 12.1 Å². The Labute approximate surface area is 124 Å². The lowest BCUT2D eigenvalue weighted by Crippen LogP contribution is -2.10. The van der Waals surface area contributed by atoms with E-state index in [1.807, 2.05) is 55.5 Å². The van der Waals surface area contributed by atoms with Crippen molar-refractivity contribution in [1.82, 2.24) is 0 Å². The van der Waals surface area contributed by atoms with Gasteiger partial charge in [0.25, 0.3) is 0 Å². The smallest absolute Gasteiger partial charge is 0.228 e. The predicted octanol–water partition coefficient (Wildman–Crippen LogP) is 3.53. The highest BCUT2D eigenvalue weighted by Crippen LogP contribution is 2.11. The molecule has 0 saturated carbocycles. The van der Waals surface area contributed by atoms with Gasteiger partial charge in [0.05, 0.1) is 6.61 Å². The van der Waals surface area contributed by atoms with E-state index in [0.717, 1.165) is 11.1 Å². The zero-order valence-corrected chi connectivity index (χ0v) is 12.0. The zero-order chi connectivity index (χ0) is 15.1. The Bertz CT molecular complexity index is 630. The number of hydrogen-bond acceptors (Lipinski definition) is 2. The Morgan fingerprint density at radius 2 is 1.95 bits per heavy atom. The minimum absolute atomic E-state index is 0.0307. The molecule has 0 heterocycles. The number of carbonyl (C=O) groups excluding carboxylic acids is 1. The van der Waals surface area contributed by atoms with Crippen molar-refractivity contribution in [2.24, 2.45) is 0 Å². The summed E-state index contributed by atoms with van der Waals surface area (Å²) >= 11 is 0. The van der Waals surface area contributed by atoms with Crippen molar-refractivity contribution in [2.75, 3.05) is 5.32 Å². The van der Waals surface area contributed by atoms with Gasteiger partial charge in [0.1, 0.15) is 0 Å². The van der Waals surface area contributed by atoms with E-state index in [-0.39, 0.29) is 12.5 Å². The first-order chi connectivity index (χ1) is 10.2. The van der Waals surface area contributed by atoms with E-state index in [1.165, 1.54) is 5.56 Å². The Balaban J connectivity index is 1.88. The minimum atomic E-state index is -0.0755. The summed E-state index contributed by atoms with van der Waals surface area (Å²) in [6.07, 6.45) is 4.09. The average molecular weight is 281 g/mol. The second-order valence-corrected chi connectivity index (χ2v) is 4.92. The molecule has 0 fully saturated rings. The summed E-state index contributed by atoms with van der Waals surface area (Å²) in [5, 5.41) is 11.9. The number of anilines is 1. The van der Waals surface area contributed by atoms with Gasteiger partial charge in [0, 0.05) is 12.1 Å². The normalized spacial score (nSPS) is 10.8. The second kappa shape index (κ2) is 7.41. The van der Waals surface area contributed by atoms with Gasteiger partial charge in [-0.3, -0.25) is 4.79 Å². The molecule has 3 heteroatoms. The fourth-order valence-electron chi connectivity index (χ4n) is 1.94. The van der Waals surface area contributed by atoms with Crippen LogP contribution >= 0.6 is 0 Å². The number of nitrogens with one attached hydrogen (secondary N) is 1. The molecule has 0 unspecified atom stereocenters. The third kappa shape index (κ3) is 4.89. The Hall–Kier alpha value is -2.39. The van der Waals surface area contributed by atoms with Crippen molar-refractivity contribution >= 4 is 17.7 Å². The highest BCUT2D eigenvalue weighted by Gasteiger charge is 2.00. The number of amides is 1. The van der Waals surface area contributed by atoms with E-state index in [1.54, 1.807) is 12.1 Å². The fourth-order valence-corrected chi connectivity index (χ4v) is 1.94. The van der Waals surface area contributed by atoms with Gasteiger partial charge in [-0.2, -0.15) is 0 Å². The van der Waals surface area contributed by atoms with Crippen molar-refractivity contribution < 1.29 is 9.90 Å². The summed E-state index contributed by atoms with van der Waals surface area (Å²) in [6, 6.07) is 15.3. The van der Waals surface area contributed by atoms with Crippen LogP contribution in [0.25, 0.3) is 6.08 Å². The van der Waals surface area contributed by atoms with Gasteiger partial charge in [-0.15, -0.1) is 0 Å². The first-order valence-electron chi connectivity index (χ1n) is 6.90. The molecule has 0 aliphatic carbocycles. The third-order valence-electron chi connectivity index (χ3n) is 3.08. The molecule has 0 radical (unpaired) electrons. The number of carbonyl (C=O) groups is 1. The first kappa shape index (κ1) is 15.0. The zero-order valence-electron chi connectivity index (χ0n) is 12.0. The van der Waals surface area contributed by atoms with E-state index >= 15 is 0 Å². The molecule has 0 bridgehead atoms. The highest BCUT2D eigenvalue weighted by molar-refractivity contribution is 5.92. The molecular formula is C18H19NO2. The molecule has 2 N–H and O–H groups in total. The number of benzene rings is 2. The molecule has 2 aromatic carbocycles. The summed E-state index contributed by atoms with van der Waals surface area (Å²) in [5.41, 5.74) is 3.78. The van der Waals surface area contributed by atoms with Crippen molar-refractivity contribution in [3.63, 3.8) is 0 Å². The van der Waals surface area contributed by atoms with E-state index < -0.39 is 0 Å². The largest absolute Gasteiger partial charge is 0.392 e. The van der Waals surface area contributed by atoms with Gasteiger partial charge in [-0.1, -0.05) is 54.1 Å². The fraction of sp³-hybridized carbons (Fsp3) is 0.167. The maximum Gasteiger partial charge on any atom is 0.228 e. The average Bonchev–Trinajstić information content (AvgIpc) is 2.49. The van der Waals surface area contributed by atoms with Crippen LogP contribution in [0.15, 0.2) is 54.6 Å². The summed E-state index contributed by atoms with van der Waals surface area (Å²) < 4.78 is 0. The molecule has 2 aromatic rings. The highest BCUT2D eigenvalue weighted by atomic mass is 16.3. The van der Waals surface area contributed by atoms with Crippen molar-refractivity contribution in [1.29, 1.82) is 0 Å². The van der Waals surface area contributed by atoms with Crippen LogP contribution < -0.4 is 5.32 Å². The van der Waals surface area contributed by atoms with Crippen LogP contribution in [0.4, 0.5) is 5.69 Å². The lowest BCUT2D eigenvalue weighted by Gasteiger charge is -2.05. The number of aliphatic hydroxyl groups is 1. The number of aliphatic hydroxyl groups excluding tert-OH is 1. The molecule has 0 spiro atoms. The molecule has 0 aliphatic rings. The third-order valence-corrected chi connectivity index (χ3v) is 3.08. The maximum atomic E-state index is 11.8. The predicted molar refractivity (Wildman–Crippen MR) is 85.8 cm³/mol. The van der Waals surface area contributed by atoms with E-state index in [9.17, 15) is 4.79 Å². The van der Waals surface area contributed by atoms with Gasteiger partial charge in [0.2, 0.25) is 5.91 Å². The molecule has 2 rings (SSSR count). The first-order valence-corrected chi connectivity index (χ1v) is 6.90. The topological polar surface area (TPSA) is 49.3 Å². The van der Waals surface area contributed by atoms with Crippen LogP contribution in [0.3, 0.4) is 0 Å². The molecule has 0 saturated heterocycles. The van der Waals surface area contributed by atoms with Crippen molar-refractivity contribution in [2.45, 2.75) is 20.0 Å². The molecular weight excluding hydrogens is 262 g/mol. The van der Waals surface area contributed by atoms with Gasteiger partial charge < -0.3 is 10.4 Å².